The summed E-state index contributed by atoms with van der Waals surface area (Å²) in [6.45, 7) is 4.94. The predicted molar refractivity (Wildman–Crippen MR) is 76.1 cm³/mol. The number of anilines is 1. The van der Waals surface area contributed by atoms with Gasteiger partial charge in [0, 0.05) is 18.8 Å². The SMILES string of the molecule is Cc1cccc(C)c1NC(=O)C(=O)NCCN(C)C. The average molecular weight is 263 g/mol. The monoisotopic (exact) mass is 263 g/mol. The van der Waals surface area contributed by atoms with Gasteiger partial charge in [0.25, 0.3) is 0 Å². The molecule has 1 aromatic rings. The van der Waals surface area contributed by atoms with E-state index in [1.54, 1.807) is 0 Å². The standard InChI is InChI=1S/C14H21N3O2/c1-10-6-5-7-11(2)12(10)16-14(19)13(18)15-8-9-17(3)4/h5-7H,8-9H2,1-4H3,(H,15,18)(H,16,19). The number of carbonyl (C=O) groups is 2. The van der Waals surface area contributed by atoms with Crippen LogP contribution in [0.3, 0.4) is 0 Å². The molecule has 0 atom stereocenters. The Hall–Kier alpha value is -1.88. The summed E-state index contributed by atoms with van der Waals surface area (Å²) >= 11 is 0. The summed E-state index contributed by atoms with van der Waals surface area (Å²) in [6.07, 6.45) is 0. The fourth-order valence-electron chi connectivity index (χ4n) is 1.66. The minimum atomic E-state index is -0.629. The van der Waals surface area contributed by atoms with Gasteiger partial charge in [-0.25, -0.2) is 0 Å². The Bertz CT molecular complexity index is 450. The highest BCUT2D eigenvalue weighted by Gasteiger charge is 2.15. The number of benzene rings is 1. The van der Waals surface area contributed by atoms with E-state index in [9.17, 15) is 9.59 Å². The summed E-state index contributed by atoms with van der Waals surface area (Å²) < 4.78 is 0. The van der Waals surface area contributed by atoms with E-state index in [2.05, 4.69) is 10.6 Å². The molecule has 0 aliphatic carbocycles. The second-order valence-corrected chi connectivity index (χ2v) is 4.78. The first-order chi connectivity index (χ1) is 8.91. The molecule has 0 radical (unpaired) electrons. The van der Waals surface area contributed by atoms with Crippen LogP contribution in [0.5, 0.6) is 0 Å². The van der Waals surface area contributed by atoms with Gasteiger partial charge in [-0.2, -0.15) is 0 Å². The Balaban J connectivity index is 2.57. The third-order valence-electron chi connectivity index (χ3n) is 2.77. The van der Waals surface area contributed by atoms with Crippen LogP contribution in [0.1, 0.15) is 11.1 Å². The van der Waals surface area contributed by atoms with Gasteiger partial charge in [0.1, 0.15) is 0 Å². The van der Waals surface area contributed by atoms with E-state index in [-0.39, 0.29) is 0 Å². The van der Waals surface area contributed by atoms with Crippen LogP contribution in [-0.2, 0) is 9.59 Å². The van der Waals surface area contributed by atoms with Crippen molar-refractivity contribution in [1.82, 2.24) is 10.2 Å². The van der Waals surface area contributed by atoms with Crippen LogP contribution in [0.4, 0.5) is 5.69 Å². The number of aryl methyl sites for hydroxylation is 2. The lowest BCUT2D eigenvalue weighted by atomic mass is 10.1. The number of carbonyl (C=O) groups excluding carboxylic acids is 2. The van der Waals surface area contributed by atoms with Crippen molar-refractivity contribution in [1.29, 1.82) is 0 Å². The highest BCUT2D eigenvalue weighted by molar-refractivity contribution is 6.39. The number of nitrogens with one attached hydrogen (secondary N) is 2. The quantitative estimate of drug-likeness (QED) is 0.794. The number of likely N-dealkylation sites (N-methyl/N-ethyl adjacent to an activating group) is 1. The van der Waals surface area contributed by atoms with E-state index in [0.29, 0.717) is 18.8 Å². The maximum Gasteiger partial charge on any atom is 0.313 e. The normalized spacial score (nSPS) is 10.4. The van der Waals surface area contributed by atoms with Gasteiger partial charge in [0.05, 0.1) is 0 Å². The molecule has 104 valence electrons. The number of nitrogens with zero attached hydrogens (tertiary/aromatic N) is 1. The second kappa shape index (κ2) is 6.89. The van der Waals surface area contributed by atoms with E-state index in [0.717, 1.165) is 11.1 Å². The van der Waals surface area contributed by atoms with Crippen LogP contribution in [0, 0.1) is 13.8 Å². The Morgan fingerprint density at radius 3 is 2.21 bits per heavy atom. The summed E-state index contributed by atoms with van der Waals surface area (Å²) in [7, 11) is 3.81. The Labute approximate surface area is 114 Å². The third-order valence-corrected chi connectivity index (χ3v) is 2.77. The first kappa shape index (κ1) is 15.2. The first-order valence-electron chi connectivity index (χ1n) is 6.22. The number of hydrogen-bond donors (Lipinski definition) is 2. The van der Waals surface area contributed by atoms with Crippen LogP contribution >= 0.6 is 0 Å². The predicted octanol–water partition coefficient (Wildman–Crippen LogP) is 0.920. The molecule has 0 saturated heterocycles. The number of hydrogen-bond acceptors (Lipinski definition) is 3. The smallest absolute Gasteiger partial charge is 0.313 e. The lowest BCUT2D eigenvalue weighted by molar-refractivity contribution is -0.136. The highest BCUT2D eigenvalue weighted by atomic mass is 16.2. The molecule has 5 nitrogen and oxygen atoms in total. The summed E-state index contributed by atoms with van der Waals surface area (Å²) in [5.74, 6) is -1.24. The minimum Gasteiger partial charge on any atom is -0.347 e. The number of para-hydroxylation sites is 1. The summed E-state index contributed by atoms with van der Waals surface area (Å²) in [6, 6.07) is 5.70. The molecule has 2 N–H and O–H groups in total. The van der Waals surface area contributed by atoms with Gasteiger partial charge in [-0.05, 0) is 39.1 Å². The molecule has 0 unspecified atom stereocenters. The van der Waals surface area contributed by atoms with Gasteiger partial charge >= 0.3 is 11.8 Å². The summed E-state index contributed by atoms with van der Waals surface area (Å²) in [4.78, 5) is 25.3. The zero-order valence-corrected chi connectivity index (χ0v) is 11.9. The second-order valence-electron chi connectivity index (χ2n) is 4.78. The fraction of sp³-hybridized carbons (Fsp3) is 0.429. The largest absolute Gasteiger partial charge is 0.347 e. The Morgan fingerprint density at radius 2 is 1.68 bits per heavy atom. The molecular formula is C14H21N3O2. The van der Waals surface area contributed by atoms with Crippen LogP contribution in [0.25, 0.3) is 0 Å². The molecule has 0 heterocycles. The maximum absolute atomic E-state index is 11.8. The molecule has 19 heavy (non-hydrogen) atoms. The van der Waals surface area contributed by atoms with Gasteiger partial charge in [-0.1, -0.05) is 18.2 Å². The van der Waals surface area contributed by atoms with Crippen molar-refractivity contribution in [3.63, 3.8) is 0 Å². The minimum absolute atomic E-state index is 0.450. The van der Waals surface area contributed by atoms with Crippen molar-refractivity contribution in [3.8, 4) is 0 Å². The zero-order valence-electron chi connectivity index (χ0n) is 11.9. The van der Waals surface area contributed by atoms with Gasteiger partial charge in [0.2, 0.25) is 0 Å². The van der Waals surface area contributed by atoms with Crippen molar-refractivity contribution < 1.29 is 9.59 Å². The molecule has 0 aromatic heterocycles. The molecule has 0 spiro atoms. The van der Waals surface area contributed by atoms with Gasteiger partial charge in [-0.3, -0.25) is 9.59 Å². The van der Waals surface area contributed by atoms with Crippen molar-refractivity contribution in [2.45, 2.75) is 13.8 Å². The van der Waals surface area contributed by atoms with E-state index >= 15 is 0 Å². The van der Waals surface area contributed by atoms with Crippen LogP contribution in [-0.4, -0.2) is 43.9 Å². The molecule has 0 aliphatic rings. The summed E-state index contributed by atoms with van der Waals surface area (Å²) in [5, 5.41) is 5.23. The van der Waals surface area contributed by atoms with Gasteiger partial charge in [0.15, 0.2) is 0 Å². The van der Waals surface area contributed by atoms with Crippen LogP contribution < -0.4 is 10.6 Å². The van der Waals surface area contributed by atoms with Crippen molar-refractivity contribution in [2.75, 3.05) is 32.5 Å². The average Bonchev–Trinajstić information content (AvgIpc) is 2.33. The molecule has 0 saturated carbocycles. The lowest BCUT2D eigenvalue weighted by Gasteiger charge is -2.12. The van der Waals surface area contributed by atoms with E-state index in [1.807, 2.05) is 51.0 Å². The number of amides is 2. The molecule has 0 bridgehead atoms. The molecule has 0 fully saturated rings. The first-order valence-corrected chi connectivity index (χ1v) is 6.22. The van der Waals surface area contributed by atoms with E-state index in [1.165, 1.54) is 0 Å². The van der Waals surface area contributed by atoms with Crippen LogP contribution in [0.2, 0.25) is 0 Å². The molecule has 1 aromatic carbocycles. The van der Waals surface area contributed by atoms with Gasteiger partial charge in [-0.15, -0.1) is 0 Å². The highest BCUT2D eigenvalue weighted by Crippen LogP contribution is 2.18. The molecule has 1 rings (SSSR count). The molecule has 2 amide bonds. The zero-order chi connectivity index (χ0) is 14.4. The Kier molecular flexibility index (Phi) is 5.51. The molecular weight excluding hydrogens is 242 g/mol. The maximum atomic E-state index is 11.8. The summed E-state index contributed by atoms with van der Waals surface area (Å²) in [5.41, 5.74) is 2.58. The van der Waals surface area contributed by atoms with Crippen LogP contribution in [0.15, 0.2) is 18.2 Å². The fourth-order valence-corrected chi connectivity index (χ4v) is 1.66. The topological polar surface area (TPSA) is 61.4 Å². The van der Waals surface area contributed by atoms with Crippen molar-refractivity contribution >= 4 is 17.5 Å². The van der Waals surface area contributed by atoms with Crippen molar-refractivity contribution in [2.24, 2.45) is 0 Å². The Morgan fingerprint density at radius 1 is 1.11 bits per heavy atom. The van der Waals surface area contributed by atoms with E-state index < -0.39 is 11.8 Å². The third kappa shape index (κ3) is 4.71. The molecule has 5 heteroatoms. The van der Waals surface area contributed by atoms with Crippen molar-refractivity contribution in [3.05, 3.63) is 29.3 Å². The number of rotatable bonds is 4. The lowest BCUT2D eigenvalue weighted by Crippen LogP contribution is -2.39. The van der Waals surface area contributed by atoms with Gasteiger partial charge < -0.3 is 15.5 Å². The molecule has 0 aliphatic heterocycles. The van der Waals surface area contributed by atoms with E-state index in [4.69, 9.17) is 0 Å².